The molecule has 140 valence electrons. The van der Waals surface area contributed by atoms with Crippen LogP contribution >= 0.6 is 11.3 Å². The maximum absolute atomic E-state index is 14.1. The lowest BCUT2D eigenvalue weighted by Crippen LogP contribution is -2.29. The maximum Gasteiger partial charge on any atom is 0.418 e. The predicted octanol–water partition coefficient (Wildman–Crippen LogP) is 5.47. The molecule has 5 rings (SSSR count). The fraction of sp³-hybridized carbons (Fsp3) is 0.400. The number of rotatable bonds is 1. The van der Waals surface area contributed by atoms with Gasteiger partial charge >= 0.3 is 6.18 Å². The second-order valence-electron chi connectivity index (χ2n) is 7.17. The summed E-state index contributed by atoms with van der Waals surface area (Å²) in [6.45, 7) is 1.70. The third-order valence-electron chi connectivity index (χ3n) is 5.46. The number of aromatic nitrogens is 2. The van der Waals surface area contributed by atoms with E-state index in [1.165, 1.54) is 6.42 Å². The van der Waals surface area contributed by atoms with Crippen molar-refractivity contribution in [3.05, 3.63) is 41.0 Å². The van der Waals surface area contributed by atoms with Gasteiger partial charge in [0.2, 0.25) is 0 Å². The molecule has 0 bridgehead atoms. The van der Waals surface area contributed by atoms with Crippen LogP contribution in [0, 0.1) is 0 Å². The van der Waals surface area contributed by atoms with Crippen molar-refractivity contribution in [3.8, 4) is 11.3 Å². The average molecular weight is 389 g/mol. The van der Waals surface area contributed by atoms with Crippen LogP contribution < -0.4 is 4.90 Å². The van der Waals surface area contributed by atoms with Gasteiger partial charge in [-0.1, -0.05) is 35.6 Å². The largest absolute Gasteiger partial charge is 0.418 e. The zero-order valence-electron chi connectivity index (χ0n) is 14.6. The van der Waals surface area contributed by atoms with Gasteiger partial charge in [0.15, 0.2) is 10.8 Å². The molecular weight excluding hydrogens is 371 g/mol. The molecular formula is C20H18F3N3S. The second-order valence-corrected chi connectivity index (χ2v) is 8.14. The minimum absolute atomic E-state index is 0.182. The first-order valence-electron chi connectivity index (χ1n) is 9.26. The first kappa shape index (κ1) is 17.0. The maximum atomic E-state index is 14.1. The van der Waals surface area contributed by atoms with Gasteiger partial charge < -0.3 is 4.90 Å². The van der Waals surface area contributed by atoms with Gasteiger partial charge in [-0.25, -0.2) is 4.98 Å². The SMILES string of the molecule is FC(F)(F)c1c2c(nc3nc(N4CCCCC4)sc13)-c1ccccc1CC2. The zero-order chi connectivity index (χ0) is 18.6. The lowest BCUT2D eigenvalue weighted by molar-refractivity contribution is -0.136. The van der Waals surface area contributed by atoms with Crippen molar-refractivity contribution in [3.63, 3.8) is 0 Å². The van der Waals surface area contributed by atoms with Crippen LogP contribution in [-0.4, -0.2) is 23.1 Å². The Balaban J connectivity index is 1.76. The van der Waals surface area contributed by atoms with Gasteiger partial charge in [0, 0.05) is 18.7 Å². The van der Waals surface area contributed by atoms with Crippen molar-refractivity contribution in [2.24, 2.45) is 0 Å². The molecule has 2 aromatic heterocycles. The second kappa shape index (κ2) is 6.19. The number of thiazole rings is 1. The Hall–Kier alpha value is -2.15. The molecule has 0 atom stereocenters. The number of hydrogen-bond acceptors (Lipinski definition) is 4. The Bertz CT molecular complexity index is 1020. The summed E-state index contributed by atoms with van der Waals surface area (Å²) in [7, 11) is 0. The van der Waals surface area contributed by atoms with E-state index < -0.39 is 11.7 Å². The van der Waals surface area contributed by atoms with Gasteiger partial charge in [-0.2, -0.15) is 18.2 Å². The summed E-state index contributed by atoms with van der Waals surface area (Å²) < 4.78 is 42.4. The van der Waals surface area contributed by atoms with Crippen LogP contribution in [-0.2, 0) is 19.0 Å². The first-order valence-corrected chi connectivity index (χ1v) is 10.1. The normalized spacial score (nSPS) is 17.1. The zero-order valence-corrected chi connectivity index (χ0v) is 15.5. The molecule has 1 aliphatic carbocycles. The summed E-state index contributed by atoms with van der Waals surface area (Å²) >= 11 is 1.14. The molecule has 1 aromatic carbocycles. The predicted molar refractivity (Wildman–Crippen MR) is 101 cm³/mol. The number of piperidine rings is 1. The van der Waals surface area contributed by atoms with E-state index in [0.29, 0.717) is 29.2 Å². The lowest BCUT2D eigenvalue weighted by Gasteiger charge is -2.25. The summed E-state index contributed by atoms with van der Waals surface area (Å²) in [6, 6.07) is 7.61. The van der Waals surface area contributed by atoms with Crippen molar-refractivity contribution >= 4 is 26.8 Å². The number of anilines is 1. The van der Waals surface area contributed by atoms with Gasteiger partial charge in [-0.3, -0.25) is 0 Å². The number of halogens is 3. The minimum Gasteiger partial charge on any atom is -0.348 e. The standard InChI is InChI=1S/C20H18F3N3S/c21-20(22,23)15-14-9-8-12-6-2-3-7-13(12)16(14)24-18-17(15)27-19(25-18)26-10-4-1-5-11-26/h2-3,6-7H,1,4-5,8-11H2. The van der Waals surface area contributed by atoms with E-state index in [1.54, 1.807) is 0 Å². The molecule has 3 nitrogen and oxygen atoms in total. The number of nitrogens with zero attached hydrogens (tertiary/aromatic N) is 3. The Morgan fingerprint density at radius 1 is 0.963 bits per heavy atom. The highest BCUT2D eigenvalue weighted by Crippen LogP contribution is 2.46. The number of benzene rings is 1. The summed E-state index contributed by atoms with van der Waals surface area (Å²) in [6.07, 6.45) is -0.168. The van der Waals surface area contributed by atoms with E-state index >= 15 is 0 Å². The Labute approximate surface area is 158 Å². The molecule has 0 amide bonds. The van der Waals surface area contributed by atoms with E-state index in [-0.39, 0.29) is 10.3 Å². The van der Waals surface area contributed by atoms with E-state index in [1.807, 2.05) is 24.3 Å². The monoisotopic (exact) mass is 389 g/mol. The Morgan fingerprint density at radius 2 is 1.74 bits per heavy atom. The van der Waals surface area contributed by atoms with Crippen LogP contribution in [0.2, 0.25) is 0 Å². The first-order chi connectivity index (χ1) is 13.0. The minimum atomic E-state index is -4.41. The topological polar surface area (TPSA) is 29.0 Å². The van der Waals surface area contributed by atoms with Crippen LogP contribution in [0.25, 0.3) is 21.6 Å². The molecule has 1 saturated heterocycles. The van der Waals surface area contributed by atoms with Crippen LogP contribution in [0.3, 0.4) is 0 Å². The van der Waals surface area contributed by atoms with E-state index in [0.717, 1.165) is 48.4 Å². The molecule has 1 fully saturated rings. The van der Waals surface area contributed by atoms with E-state index in [2.05, 4.69) is 14.9 Å². The molecule has 2 aliphatic rings. The smallest absolute Gasteiger partial charge is 0.348 e. The third-order valence-corrected chi connectivity index (χ3v) is 6.58. The van der Waals surface area contributed by atoms with Crippen molar-refractivity contribution in [1.82, 2.24) is 9.97 Å². The van der Waals surface area contributed by atoms with Gasteiger partial charge in [0.05, 0.1) is 16.0 Å². The van der Waals surface area contributed by atoms with Gasteiger partial charge in [0.25, 0.3) is 0 Å². The molecule has 3 aromatic rings. The summed E-state index contributed by atoms with van der Waals surface area (Å²) in [5.41, 5.74) is 2.32. The number of alkyl halides is 3. The van der Waals surface area contributed by atoms with Crippen molar-refractivity contribution < 1.29 is 13.2 Å². The van der Waals surface area contributed by atoms with E-state index in [9.17, 15) is 13.2 Å². The van der Waals surface area contributed by atoms with E-state index in [4.69, 9.17) is 0 Å². The average Bonchev–Trinajstić information content (AvgIpc) is 3.09. The van der Waals surface area contributed by atoms with Crippen LogP contribution in [0.4, 0.5) is 18.3 Å². The van der Waals surface area contributed by atoms with Crippen LogP contribution in [0.15, 0.2) is 24.3 Å². The molecule has 7 heteroatoms. The molecule has 3 heterocycles. The molecule has 1 aliphatic heterocycles. The summed E-state index contributed by atoms with van der Waals surface area (Å²) in [5.74, 6) is 0. The quantitative estimate of drug-likeness (QED) is 0.553. The number of aryl methyl sites for hydroxylation is 1. The van der Waals surface area contributed by atoms with Gasteiger partial charge in [0.1, 0.15) is 0 Å². The van der Waals surface area contributed by atoms with Crippen LogP contribution in [0.1, 0.15) is 36.0 Å². The fourth-order valence-electron chi connectivity index (χ4n) is 4.18. The molecule has 0 spiro atoms. The number of hydrogen-bond donors (Lipinski definition) is 0. The highest BCUT2D eigenvalue weighted by molar-refractivity contribution is 7.22. The van der Waals surface area contributed by atoms with Gasteiger partial charge in [-0.05, 0) is 43.2 Å². The molecule has 27 heavy (non-hydrogen) atoms. The molecule has 0 unspecified atom stereocenters. The van der Waals surface area contributed by atoms with Crippen molar-refractivity contribution in [1.29, 1.82) is 0 Å². The van der Waals surface area contributed by atoms with Crippen molar-refractivity contribution in [2.45, 2.75) is 38.3 Å². The third kappa shape index (κ3) is 2.79. The number of pyridine rings is 1. The number of fused-ring (bicyclic) bond motifs is 4. The summed E-state index contributed by atoms with van der Waals surface area (Å²) in [5, 5.41) is 0.665. The molecule has 0 N–H and O–H groups in total. The molecule has 0 saturated carbocycles. The Kier molecular flexibility index (Phi) is 3.89. The fourth-order valence-corrected chi connectivity index (χ4v) is 5.33. The Morgan fingerprint density at radius 3 is 2.52 bits per heavy atom. The highest BCUT2D eigenvalue weighted by atomic mass is 32.1. The summed E-state index contributed by atoms with van der Waals surface area (Å²) in [4.78, 5) is 11.2. The lowest BCUT2D eigenvalue weighted by atomic mass is 9.86. The highest BCUT2D eigenvalue weighted by Gasteiger charge is 2.40. The molecule has 0 radical (unpaired) electrons. The van der Waals surface area contributed by atoms with Crippen molar-refractivity contribution in [2.75, 3.05) is 18.0 Å². The van der Waals surface area contributed by atoms with Gasteiger partial charge in [-0.15, -0.1) is 0 Å². The van der Waals surface area contributed by atoms with Crippen LogP contribution in [0.5, 0.6) is 0 Å².